The fourth-order valence-electron chi connectivity index (χ4n) is 5.29. The summed E-state index contributed by atoms with van der Waals surface area (Å²) < 4.78 is 0.864. The van der Waals surface area contributed by atoms with E-state index in [-0.39, 0.29) is 12.1 Å². The molecule has 2 aromatic carbocycles. The first kappa shape index (κ1) is 14.7. The van der Waals surface area contributed by atoms with Gasteiger partial charge in [-0.3, -0.25) is 4.48 Å². The van der Waals surface area contributed by atoms with Crippen LogP contribution in [0.25, 0.3) is 0 Å². The quantitative estimate of drug-likeness (QED) is 0.676. The molecule has 0 saturated heterocycles. The Bertz CT molecular complexity index is 755. The van der Waals surface area contributed by atoms with Gasteiger partial charge in [-0.1, -0.05) is 55.1 Å². The number of benzene rings is 2. The van der Waals surface area contributed by atoms with E-state index in [2.05, 4.69) is 62.0 Å². The smallest absolute Gasteiger partial charge is 0.149 e. The molecule has 0 amide bonds. The molecule has 2 aromatic rings. The minimum atomic E-state index is -0.118. The van der Waals surface area contributed by atoms with Gasteiger partial charge in [0.1, 0.15) is 18.1 Å². The molecule has 2 bridgehead atoms. The van der Waals surface area contributed by atoms with Gasteiger partial charge in [0, 0.05) is 23.1 Å². The van der Waals surface area contributed by atoms with E-state index >= 15 is 0 Å². The van der Waals surface area contributed by atoms with Crippen LogP contribution in [0.5, 0.6) is 0 Å². The monoisotopic (exact) mass is 306 g/mol. The average molecular weight is 306 g/mol. The summed E-state index contributed by atoms with van der Waals surface area (Å²) in [5.41, 5.74) is 5.61. The van der Waals surface area contributed by atoms with Crippen molar-refractivity contribution in [2.24, 2.45) is 0 Å². The number of rotatable bonds is 4. The van der Waals surface area contributed by atoms with Crippen LogP contribution in [0.15, 0.2) is 61.2 Å². The third kappa shape index (κ3) is 1.65. The minimum absolute atomic E-state index is 0.118. The Morgan fingerprint density at radius 3 is 2.61 bits per heavy atom. The van der Waals surface area contributed by atoms with Crippen LogP contribution in [0, 0.1) is 0 Å². The van der Waals surface area contributed by atoms with E-state index in [0.29, 0.717) is 6.04 Å². The van der Waals surface area contributed by atoms with Gasteiger partial charge in [0.25, 0.3) is 0 Å². The molecule has 1 N–H and O–H groups in total. The van der Waals surface area contributed by atoms with Gasteiger partial charge in [-0.15, -0.1) is 0 Å². The van der Waals surface area contributed by atoms with Crippen LogP contribution < -0.4 is 0 Å². The lowest BCUT2D eigenvalue weighted by Crippen LogP contribution is -2.63. The zero-order chi connectivity index (χ0) is 16.1. The molecule has 2 aliphatic rings. The summed E-state index contributed by atoms with van der Waals surface area (Å²) in [6, 6.07) is 18.1. The van der Waals surface area contributed by atoms with Gasteiger partial charge in [-0.2, -0.15) is 0 Å². The van der Waals surface area contributed by atoms with Crippen molar-refractivity contribution in [1.82, 2.24) is 0 Å². The summed E-state index contributed by atoms with van der Waals surface area (Å²) in [5, 5.41) is 9.87. The topological polar surface area (TPSA) is 20.2 Å². The van der Waals surface area contributed by atoms with Gasteiger partial charge in [0.2, 0.25) is 0 Å². The highest BCUT2D eigenvalue weighted by Crippen LogP contribution is 2.60. The Labute approximate surface area is 138 Å². The van der Waals surface area contributed by atoms with Crippen molar-refractivity contribution < 1.29 is 9.59 Å². The largest absolute Gasteiger partial charge is 0.391 e. The lowest BCUT2D eigenvalue weighted by molar-refractivity contribution is -0.993. The second-order valence-electron chi connectivity index (χ2n) is 6.99. The maximum absolute atomic E-state index is 9.87. The van der Waals surface area contributed by atoms with Crippen molar-refractivity contribution in [2.75, 3.05) is 19.7 Å². The lowest BCUT2D eigenvalue weighted by Gasteiger charge is -2.54. The zero-order valence-corrected chi connectivity index (χ0v) is 13.7. The van der Waals surface area contributed by atoms with Gasteiger partial charge in [-0.25, -0.2) is 0 Å². The third-order valence-corrected chi connectivity index (χ3v) is 6.24. The molecular formula is C21H24NO+. The maximum Gasteiger partial charge on any atom is 0.149 e. The normalized spacial score (nSPS) is 30.6. The lowest BCUT2D eigenvalue weighted by atomic mass is 9.78. The molecule has 0 spiro atoms. The first-order valence-electron chi connectivity index (χ1n) is 8.45. The Morgan fingerprint density at radius 2 is 1.87 bits per heavy atom. The number of fused-ring (bicyclic) bond motifs is 7. The van der Waals surface area contributed by atoms with Crippen molar-refractivity contribution in [2.45, 2.75) is 24.9 Å². The number of aliphatic hydroxyl groups is 1. The van der Waals surface area contributed by atoms with Crippen molar-refractivity contribution in [3.8, 4) is 0 Å². The molecule has 0 radical (unpaired) electrons. The van der Waals surface area contributed by atoms with Gasteiger partial charge in [-0.05, 0) is 18.6 Å². The molecule has 2 heteroatoms. The summed E-state index contributed by atoms with van der Waals surface area (Å²) in [6.45, 7) is 8.24. The Balaban J connectivity index is 2.07. The predicted octanol–water partition coefficient (Wildman–Crippen LogP) is 3.56. The Morgan fingerprint density at radius 1 is 1.17 bits per heavy atom. The summed E-state index contributed by atoms with van der Waals surface area (Å²) in [7, 11) is 0. The van der Waals surface area contributed by atoms with Crippen molar-refractivity contribution in [3.05, 3.63) is 83.4 Å². The molecule has 0 aromatic heterocycles. The van der Waals surface area contributed by atoms with Crippen LogP contribution in [0.1, 0.15) is 35.2 Å². The van der Waals surface area contributed by atoms with Crippen LogP contribution >= 0.6 is 0 Å². The second-order valence-corrected chi connectivity index (χ2v) is 6.99. The zero-order valence-electron chi connectivity index (χ0n) is 13.7. The first-order chi connectivity index (χ1) is 11.2. The molecule has 2 heterocycles. The minimum Gasteiger partial charge on any atom is -0.391 e. The molecule has 2 nitrogen and oxygen atoms in total. The first-order valence-corrected chi connectivity index (χ1v) is 8.45. The number of hydrogen-bond acceptors (Lipinski definition) is 1. The van der Waals surface area contributed by atoms with Crippen LogP contribution in [0.4, 0.5) is 0 Å². The molecular weight excluding hydrogens is 282 g/mol. The summed E-state index contributed by atoms with van der Waals surface area (Å²) in [5.74, 6) is 0. The molecule has 0 aliphatic carbocycles. The van der Waals surface area contributed by atoms with E-state index in [0.717, 1.165) is 24.0 Å². The summed E-state index contributed by atoms with van der Waals surface area (Å²) >= 11 is 0. The van der Waals surface area contributed by atoms with E-state index in [1.54, 1.807) is 0 Å². The van der Waals surface area contributed by atoms with Crippen molar-refractivity contribution in [1.29, 1.82) is 0 Å². The van der Waals surface area contributed by atoms with E-state index in [1.165, 1.54) is 22.3 Å². The van der Waals surface area contributed by atoms with Gasteiger partial charge < -0.3 is 5.11 Å². The molecule has 0 saturated carbocycles. The van der Waals surface area contributed by atoms with Crippen molar-refractivity contribution >= 4 is 0 Å². The second kappa shape index (κ2) is 5.05. The fraction of sp³-hybridized carbons (Fsp3) is 0.333. The number of aliphatic hydroxyl groups excluding tert-OH is 1. The average Bonchev–Trinajstić information content (AvgIpc) is 2.70. The van der Waals surface area contributed by atoms with Crippen LogP contribution in [-0.2, 0) is 12.0 Å². The third-order valence-electron chi connectivity index (χ3n) is 6.24. The Kier molecular flexibility index (Phi) is 3.22. The Hall–Kier alpha value is -1.90. The van der Waals surface area contributed by atoms with Crippen LogP contribution in [-0.4, -0.2) is 29.3 Å². The highest BCUT2D eigenvalue weighted by molar-refractivity contribution is 5.51. The summed E-state index contributed by atoms with van der Waals surface area (Å²) in [6.07, 6.45) is 3.07. The van der Waals surface area contributed by atoms with Gasteiger partial charge in [0.05, 0.1) is 13.2 Å². The number of quaternary nitrogens is 1. The molecule has 118 valence electrons. The summed E-state index contributed by atoms with van der Waals surface area (Å²) in [4.78, 5) is 0. The van der Waals surface area contributed by atoms with Gasteiger partial charge in [0.15, 0.2) is 0 Å². The van der Waals surface area contributed by atoms with Crippen LogP contribution in [0.3, 0.4) is 0 Å². The molecule has 3 atom stereocenters. The number of hydrogen-bond donors (Lipinski definition) is 1. The van der Waals surface area contributed by atoms with Crippen LogP contribution in [0.2, 0.25) is 0 Å². The van der Waals surface area contributed by atoms with Gasteiger partial charge >= 0.3 is 0 Å². The van der Waals surface area contributed by atoms with E-state index < -0.39 is 0 Å². The molecule has 0 fully saturated rings. The number of nitrogens with zero attached hydrogens (tertiary/aromatic N) is 1. The van der Waals surface area contributed by atoms with E-state index in [9.17, 15) is 5.11 Å². The highest BCUT2D eigenvalue weighted by Gasteiger charge is 2.63. The van der Waals surface area contributed by atoms with E-state index in [4.69, 9.17) is 0 Å². The predicted molar refractivity (Wildman–Crippen MR) is 93.1 cm³/mol. The standard InChI is InChI=1S/C21H24NO/c1-3-12-22(13-14-23)20-15-16-8-4-6-10-18(16)21(22,2)19-11-7-5-9-17(19)20/h3-11,20,23H,1,12-15H2,2H3/q+1/t20-,21+,22-/m1/s1. The molecule has 23 heavy (non-hydrogen) atoms. The molecule has 2 aliphatic heterocycles. The molecule has 4 rings (SSSR count). The maximum atomic E-state index is 9.87. The molecule has 0 unspecified atom stereocenters. The fourth-order valence-corrected chi connectivity index (χ4v) is 5.29. The SMILES string of the molecule is C=CC[N@@+]1(CCO)[C@@H]2Cc3ccccc3[C@@]1(C)c1ccccc12. The van der Waals surface area contributed by atoms with Crippen molar-refractivity contribution in [3.63, 3.8) is 0 Å². The van der Waals surface area contributed by atoms with E-state index in [1.807, 2.05) is 6.08 Å². The highest BCUT2D eigenvalue weighted by atomic mass is 16.3.